The molecule has 0 bridgehead atoms. The number of hydrogen-bond donors (Lipinski definition) is 2. The van der Waals surface area contributed by atoms with Gasteiger partial charge in [-0.3, -0.25) is 9.69 Å². The zero-order chi connectivity index (χ0) is 24.9. The van der Waals surface area contributed by atoms with Gasteiger partial charge >= 0.3 is 0 Å². The van der Waals surface area contributed by atoms with E-state index in [1.165, 1.54) is 24.2 Å². The number of benzene rings is 1. The normalized spacial score (nSPS) is 15.5. The second-order valence-electron chi connectivity index (χ2n) is 8.40. The van der Waals surface area contributed by atoms with Crippen molar-refractivity contribution >= 4 is 39.1 Å². The Balaban J connectivity index is 1.49. The third kappa shape index (κ3) is 5.35. The van der Waals surface area contributed by atoms with Gasteiger partial charge in [0.25, 0.3) is 5.91 Å². The van der Waals surface area contributed by atoms with E-state index < -0.39 is 0 Å². The second-order valence-corrected chi connectivity index (χ2v) is 9.43. The molecule has 11 nitrogen and oxygen atoms in total. The summed E-state index contributed by atoms with van der Waals surface area (Å²) in [4.78, 5) is 30.7. The van der Waals surface area contributed by atoms with Crippen LogP contribution in [0.2, 0.25) is 0 Å². The van der Waals surface area contributed by atoms with Gasteiger partial charge in [0.1, 0.15) is 22.8 Å². The molecule has 0 aliphatic carbocycles. The molecular formula is C24H28N6O5S. The van der Waals surface area contributed by atoms with Crippen LogP contribution in [0.5, 0.6) is 11.5 Å². The van der Waals surface area contributed by atoms with Crippen LogP contribution < -0.4 is 20.5 Å². The molecule has 0 saturated carbocycles. The Hall–Kier alpha value is -3.48. The maximum absolute atomic E-state index is 12.7. The van der Waals surface area contributed by atoms with Crippen LogP contribution in [0.15, 0.2) is 29.4 Å². The van der Waals surface area contributed by atoms with Gasteiger partial charge in [0.2, 0.25) is 12.7 Å². The average Bonchev–Trinajstić information content (AvgIpc) is 3.64. The molecule has 1 aromatic carbocycles. The highest BCUT2D eigenvalue weighted by Gasteiger charge is 2.23. The van der Waals surface area contributed by atoms with Crippen LogP contribution in [-0.2, 0) is 9.57 Å². The zero-order valence-corrected chi connectivity index (χ0v) is 20.8. The number of oxime groups is 1. The molecule has 4 heterocycles. The first-order valence-electron chi connectivity index (χ1n) is 11.8. The molecule has 0 atom stereocenters. The van der Waals surface area contributed by atoms with E-state index >= 15 is 0 Å². The van der Waals surface area contributed by atoms with E-state index in [2.05, 4.69) is 25.3 Å². The summed E-state index contributed by atoms with van der Waals surface area (Å²) in [6.07, 6.45) is 2.42. The Morgan fingerprint density at radius 1 is 1.19 bits per heavy atom. The Bertz CT molecular complexity index is 1270. The van der Waals surface area contributed by atoms with Crippen LogP contribution in [-0.4, -0.2) is 79.8 Å². The van der Waals surface area contributed by atoms with E-state index in [4.69, 9.17) is 24.8 Å². The van der Waals surface area contributed by atoms with Crippen LogP contribution in [0.3, 0.4) is 0 Å². The van der Waals surface area contributed by atoms with Crippen molar-refractivity contribution in [2.45, 2.75) is 12.8 Å². The number of nitrogen functional groups attached to an aromatic ring is 1. The van der Waals surface area contributed by atoms with Crippen molar-refractivity contribution < 1.29 is 23.8 Å². The Labute approximate surface area is 212 Å². The lowest BCUT2D eigenvalue weighted by Crippen LogP contribution is -2.26. The van der Waals surface area contributed by atoms with Crippen LogP contribution in [0, 0.1) is 0 Å². The van der Waals surface area contributed by atoms with Gasteiger partial charge in [0.15, 0.2) is 11.5 Å². The molecule has 1 fully saturated rings. The molecule has 5 rings (SSSR count). The highest BCUT2D eigenvalue weighted by Crippen LogP contribution is 2.34. The number of ether oxygens (including phenoxy) is 3. The van der Waals surface area contributed by atoms with Crippen molar-refractivity contribution in [3.63, 3.8) is 0 Å². The monoisotopic (exact) mass is 512 g/mol. The third-order valence-electron chi connectivity index (χ3n) is 5.95. The number of nitrogens with one attached hydrogen (secondary N) is 1. The highest BCUT2D eigenvalue weighted by molar-refractivity contribution is 7.20. The fourth-order valence-electron chi connectivity index (χ4n) is 4.15. The van der Waals surface area contributed by atoms with E-state index in [9.17, 15) is 4.79 Å². The molecule has 36 heavy (non-hydrogen) atoms. The summed E-state index contributed by atoms with van der Waals surface area (Å²) in [6, 6.07) is 7.27. The second kappa shape index (κ2) is 11.1. The lowest BCUT2D eigenvalue weighted by Gasteiger charge is -2.14. The van der Waals surface area contributed by atoms with Crippen molar-refractivity contribution in [1.82, 2.24) is 20.2 Å². The molecular weight excluding hydrogens is 484 g/mol. The minimum Gasteiger partial charge on any atom is -0.454 e. The van der Waals surface area contributed by atoms with Gasteiger partial charge in [-0.2, -0.15) is 0 Å². The first-order chi connectivity index (χ1) is 17.6. The van der Waals surface area contributed by atoms with Crippen molar-refractivity contribution in [3.05, 3.63) is 40.4 Å². The Kier molecular flexibility index (Phi) is 7.44. The number of hydrogen-bond acceptors (Lipinski definition) is 11. The van der Waals surface area contributed by atoms with E-state index in [1.54, 1.807) is 13.2 Å². The van der Waals surface area contributed by atoms with Gasteiger partial charge in [-0.1, -0.05) is 5.16 Å². The molecule has 3 N–H and O–H groups in total. The van der Waals surface area contributed by atoms with E-state index in [0.717, 1.165) is 25.2 Å². The molecule has 2 aliphatic rings. The van der Waals surface area contributed by atoms with Crippen LogP contribution in [0.4, 0.5) is 5.95 Å². The van der Waals surface area contributed by atoms with Crippen molar-refractivity contribution in [2.24, 2.45) is 5.16 Å². The molecule has 1 amide bonds. The number of rotatable bonds is 10. The molecule has 12 heteroatoms. The summed E-state index contributed by atoms with van der Waals surface area (Å²) in [5.74, 6) is 1.13. The van der Waals surface area contributed by atoms with E-state index in [0.29, 0.717) is 57.8 Å². The number of carbonyl (C=O) groups is 1. The van der Waals surface area contributed by atoms with E-state index in [1.807, 2.05) is 18.2 Å². The van der Waals surface area contributed by atoms with Gasteiger partial charge in [0.05, 0.1) is 11.5 Å². The van der Waals surface area contributed by atoms with Crippen molar-refractivity contribution in [3.8, 4) is 11.5 Å². The number of nitrogens with zero attached hydrogens (tertiary/aromatic N) is 4. The maximum Gasteiger partial charge on any atom is 0.261 e. The lowest BCUT2D eigenvalue weighted by molar-refractivity contribution is 0.0941. The van der Waals surface area contributed by atoms with Crippen molar-refractivity contribution in [1.29, 1.82) is 0 Å². The molecule has 3 aromatic rings. The third-order valence-corrected chi connectivity index (χ3v) is 6.98. The number of amides is 1. The average molecular weight is 513 g/mol. The molecule has 0 unspecified atom stereocenters. The number of carbonyl (C=O) groups excluding carboxylic acids is 1. The largest absolute Gasteiger partial charge is 0.454 e. The number of nitrogens with two attached hydrogens (primary N) is 1. The summed E-state index contributed by atoms with van der Waals surface area (Å²) in [5.41, 5.74) is 7.74. The topological polar surface area (TPSA) is 133 Å². The molecule has 0 spiro atoms. The van der Waals surface area contributed by atoms with Gasteiger partial charge in [-0.25, -0.2) is 9.97 Å². The number of likely N-dealkylation sites (tertiary alicyclic amines) is 1. The molecule has 2 aliphatic heterocycles. The van der Waals surface area contributed by atoms with Crippen LogP contribution in [0.1, 0.15) is 33.8 Å². The smallest absolute Gasteiger partial charge is 0.261 e. The number of methoxy groups -OCH3 is 1. The van der Waals surface area contributed by atoms with Gasteiger partial charge < -0.3 is 30.1 Å². The van der Waals surface area contributed by atoms with Crippen molar-refractivity contribution in [2.75, 3.05) is 59.0 Å². The molecule has 1 saturated heterocycles. The summed E-state index contributed by atoms with van der Waals surface area (Å²) in [7, 11) is 1.58. The minimum absolute atomic E-state index is 0.0798. The molecule has 0 radical (unpaired) electrons. The number of thiophene rings is 1. The first kappa shape index (κ1) is 24.2. The number of aromatic nitrogens is 2. The first-order valence-corrected chi connectivity index (χ1v) is 12.6. The summed E-state index contributed by atoms with van der Waals surface area (Å²) >= 11 is 1.24. The quantitative estimate of drug-likeness (QED) is 0.238. The fourth-order valence-corrected chi connectivity index (χ4v) is 5.10. The molecule has 2 aromatic heterocycles. The highest BCUT2D eigenvalue weighted by atomic mass is 32.1. The van der Waals surface area contributed by atoms with Crippen LogP contribution in [0.25, 0.3) is 10.2 Å². The summed E-state index contributed by atoms with van der Waals surface area (Å²) < 4.78 is 16.0. The lowest BCUT2D eigenvalue weighted by atomic mass is 10.0. The van der Waals surface area contributed by atoms with Gasteiger partial charge in [0, 0.05) is 31.1 Å². The standard InChI is InChI=1S/C24H28N6O5S/c1-32-10-6-26-22(31)19-13-16-21(27-24(25)28-23(16)36-19)20(29-35-11-9-30-7-2-3-8-30)15-4-5-17-18(12-15)34-14-33-17/h4-5,12-13H,2-3,6-11,14H2,1H3,(H,26,31)(H2,25,27,28)/b29-20+. The maximum atomic E-state index is 12.7. The van der Waals surface area contributed by atoms with E-state index in [-0.39, 0.29) is 18.6 Å². The SMILES string of the molecule is COCCNC(=O)c1cc2c(/C(=N/OCCN3CCCC3)c3ccc4c(c3)OCO4)nc(N)nc2s1. The predicted molar refractivity (Wildman–Crippen MR) is 136 cm³/mol. The van der Waals surface area contributed by atoms with Gasteiger partial charge in [-0.05, 0) is 50.2 Å². The Morgan fingerprint density at radius 3 is 2.86 bits per heavy atom. The zero-order valence-electron chi connectivity index (χ0n) is 20.0. The fraction of sp³-hybridized carbons (Fsp3) is 0.417. The van der Waals surface area contributed by atoms with Gasteiger partial charge in [-0.15, -0.1) is 11.3 Å². The number of anilines is 1. The summed E-state index contributed by atoms with van der Waals surface area (Å²) in [5, 5.41) is 7.98. The minimum atomic E-state index is -0.219. The number of fused-ring (bicyclic) bond motifs is 2. The summed E-state index contributed by atoms with van der Waals surface area (Å²) in [6.45, 7) is 4.38. The van der Waals surface area contributed by atoms with Crippen LogP contribution >= 0.6 is 11.3 Å². The molecule has 190 valence electrons. The predicted octanol–water partition coefficient (Wildman–Crippen LogP) is 2.24. The Morgan fingerprint density at radius 2 is 2.03 bits per heavy atom.